The molecule has 0 aliphatic heterocycles. The SMILES string of the molecule is Cc1nc(NC(=O)Cc2ccc(F)cc2)sc1C. The zero-order valence-electron chi connectivity index (χ0n) is 10.2. The van der Waals surface area contributed by atoms with E-state index in [1.54, 1.807) is 12.1 Å². The normalized spacial score (nSPS) is 10.4. The van der Waals surface area contributed by atoms with Crippen LogP contribution >= 0.6 is 11.3 Å². The molecular formula is C13H13FN2OS. The molecule has 0 fully saturated rings. The number of carbonyl (C=O) groups is 1. The Kier molecular flexibility index (Phi) is 3.72. The number of nitrogens with zero attached hydrogens (tertiary/aromatic N) is 1. The van der Waals surface area contributed by atoms with Gasteiger partial charge >= 0.3 is 0 Å². The fourth-order valence-electron chi connectivity index (χ4n) is 1.48. The van der Waals surface area contributed by atoms with Crippen molar-refractivity contribution in [2.75, 3.05) is 5.32 Å². The van der Waals surface area contributed by atoms with Crippen molar-refractivity contribution >= 4 is 22.4 Å². The van der Waals surface area contributed by atoms with Gasteiger partial charge in [0, 0.05) is 4.88 Å². The highest BCUT2D eigenvalue weighted by Crippen LogP contribution is 2.21. The van der Waals surface area contributed by atoms with Crippen molar-refractivity contribution in [1.29, 1.82) is 0 Å². The van der Waals surface area contributed by atoms with E-state index in [9.17, 15) is 9.18 Å². The van der Waals surface area contributed by atoms with E-state index in [1.807, 2.05) is 13.8 Å². The molecule has 0 atom stereocenters. The van der Waals surface area contributed by atoms with Crippen LogP contribution in [0.25, 0.3) is 0 Å². The smallest absolute Gasteiger partial charge is 0.230 e. The molecule has 0 radical (unpaired) electrons. The van der Waals surface area contributed by atoms with Crippen molar-refractivity contribution < 1.29 is 9.18 Å². The molecule has 0 spiro atoms. The molecule has 1 N–H and O–H groups in total. The van der Waals surface area contributed by atoms with Crippen LogP contribution in [0.15, 0.2) is 24.3 Å². The van der Waals surface area contributed by atoms with E-state index in [4.69, 9.17) is 0 Å². The highest BCUT2D eigenvalue weighted by Gasteiger charge is 2.08. The fraction of sp³-hybridized carbons (Fsp3) is 0.231. The van der Waals surface area contributed by atoms with Crippen LogP contribution in [-0.2, 0) is 11.2 Å². The van der Waals surface area contributed by atoms with Gasteiger partial charge in [0.25, 0.3) is 0 Å². The highest BCUT2D eigenvalue weighted by molar-refractivity contribution is 7.15. The van der Waals surface area contributed by atoms with Gasteiger partial charge < -0.3 is 5.32 Å². The van der Waals surface area contributed by atoms with Gasteiger partial charge in [-0.1, -0.05) is 12.1 Å². The van der Waals surface area contributed by atoms with Gasteiger partial charge in [0.15, 0.2) is 5.13 Å². The summed E-state index contributed by atoms with van der Waals surface area (Å²) in [5.41, 5.74) is 1.70. The van der Waals surface area contributed by atoms with Crippen molar-refractivity contribution in [3.8, 4) is 0 Å². The molecule has 0 aliphatic carbocycles. The van der Waals surface area contributed by atoms with E-state index in [2.05, 4.69) is 10.3 Å². The average Bonchev–Trinajstić information content (AvgIpc) is 2.61. The maximum atomic E-state index is 12.7. The topological polar surface area (TPSA) is 42.0 Å². The fourth-order valence-corrected chi connectivity index (χ4v) is 2.31. The molecule has 1 aromatic carbocycles. The molecule has 18 heavy (non-hydrogen) atoms. The quantitative estimate of drug-likeness (QED) is 0.925. The maximum Gasteiger partial charge on any atom is 0.230 e. The summed E-state index contributed by atoms with van der Waals surface area (Å²) >= 11 is 1.45. The number of aryl methyl sites for hydroxylation is 2. The zero-order chi connectivity index (χ0) is 13.1. The van der Waals surface area contributed by atoms with E-state index < -0.39 is 0 Å². The summed E-state index contributed by atoms with van der Waals surface area (Å²) in [6.07, 6.45) is 0.220. The molecule has 0 bridgehead atoms. The summed E-state index contributed by atoms with van der Waals surface area (Å²) in [6, 6.07) is 5.90. The van der Waals surface area contributed by atoms with Gasteiger partial charge in [0.1, 0.15) is 5.82 Å². The molecule has 5 heteroatoms. The summed E-state index contributed by atoms with van der Waals surface area (Å²) in [6.45, 7) is 3.87. The first kappa shape index (κ1) is 12.7. The minimum absolute atomic E-state index is 0.143. The van der Waals surface area contributed by atoms with Crippen LogP contribution < -0.4 is 5.32 Å². The number of amides is 1. The predicted molar refractivity (Wildman–Crippen MR) is 70.3 cm³/mol. The van der Waals surface area contributed by atoms with Crippen LogP contribution in [0.3, 0.4) is 0 Å². The van der Waals surface area contributed by atoms with Crippen LogP contribution in [0.5, 0.6) is 0 Å². The van der Waals surface area contributed by atoms with E-state index in [1.165, 1.54) is 23.5 Å². The molecule has 0 aliphatic rings. The number of halogens is 1. The molecule has 1 amide bonds. The molecule has 0 saturated carbocycles. The number of thiazole rings is 1. The summed E-state index contributed by atoms with van der Waals surface area (Å²) < 4.78 is 12.7. The number of aromatic nitrogens is 1. The monoisotopic (exact) mass is 264 g/mol. The molecule has 1 heterocycles. The summed E-state index contributed by atoms with van der Waals surface area (Å²) in [4.78, 5) is 17.1. The third-order valence-electron chi connectivity index (χ3n) is 2.55. The van der Waals surface area contributed by atoms with Crippen molar-refractivity contribution in [1.82, 2.24) is 4.98 Å². The lowest BCUT2D eigenvalue weighted by Crippen LogP contribution is -2.14. The van der Waals surface area contributed by atoms with Gasteiger partial charge in [-0.3, -0.25) is 4.79 Å². The van der Waals surface area contributed by atoms with E-state index in [0.29, 0.717) is 5.13 Å². The lowest BCUT2D eigenvalue weighted by Gasteiger charge is -2.01. The van der Waals surface area contributed by atoms with Gasteiger partial charge in [-0.15, -0.1) is 11.3 Å². The van der Waals surface area contributed by atoms with Gasteiger partial charge in [-0.05, 0) is 31.5 Å². The number of hydrogen-bond donors (Lipinski definition) is 1. The lowest BCUT2D eigenvalue weighted by molar-refractivity contribution is -0.115. The number of rotatable bonds is 3. The van der Waals surface area contributed by atoms with Crippen molar-refractivity contribution in [2.24, 2.45) is 0 Å². The Morgan fingerprint density at radius 1 is 1.33 bits per heavy atom. The Bertz CT molecular complexity index is 543. The second-order valence-electron chi connectivity index (χ2n) is 4.01. The summed E-state index contributed by atoms with van der Waals surface area (Å²) in [7, 11) is 0. The van der Waals surface area contributed by atoms with Crippen LogP contribution in [0.4, 0.5) is 9.52 Å². The second kappa shape index (κ2) is 5.27. The Labute approximate surface area is 109 Å². The zero-order valence-corrected chi connectivity index (χ0v) is 11.0. The number of anilines is 1. The standard InChI is InChI=1S/C13H13FN2OS/c1-8-9(2)18-13(15-8)16-12(17)7-10-3-5-11(14)6-4-10/h3-6H,7H2,1-2H3,(H,15,16,17). The Hall–Kier alpha value is -1.75. The van der Waals surface area contributed by atoms with Crippen LogP contribution in [0.1, 0.15) is 16.1 Å². The van der Waals surface area contributed by atoms with Crippen LogP contribution in [0.2, 0.25) is 0 Å². The highest BCUT2D eigenvalue weighted by atomic mass is 32.1. The summed E-state index contributed by atoms with van der Waals surface area (Å²) in [5.74, 6) is -0.444. The number of hydrogen-bond acceptors (Lipinski definition) is 3. The Morgan fingerprint density at radius 3 is 2.56 bits per heavy atom. The Morgan fingerprint density at radius 2 is 2.00 bits per heavy atom. The average molecular weight is 264 g/mol. The maximum absolute atomic E-state index is 12.7. The molecule has 1 aromatic heterocycles. The van der Waals surface area contributed by atoms with Crippen molar-refractivity contribution in [2.45, 2.75) is 20.3 Å². The first-order valence-corrected chi connectivity index (χ1v) is 6.34. The first-order chi connectivity index (χ1) is 8.54. The van der Waals surface area contributed by atoms with Crippen molar-refractivity contribution in [3.63, 3.8) is 0 Å². The minimum atomic E-state index is -0.301. The first-order valence-electron chi connectivity index (χ1n) is 5.53. The predicted octanol–water partition coefficient (Wildman–Crippen LogP) is 3.08. The summed E-state index contributed by atoms with van der Waals surface area (Å²) in [5, 5.41) is 3.35. The minimum Gasteiger partial charge on any atom is -0.302 e. The van der Waals surface area contributed by atoms with Gasteiger partial charge in [-0.25, -0.2) is 9.37 Å². The second-order valence-corrected chi connectivity index (χ2v) is 5.22. The largest absolute Gasteiger partial charge is 0.302 e. The molecule has 2 rings (SSSR count). The molecule has 0 saturated heterocycles. The molecule has 3 nitrogen and oxygen atoms in total. The molecular weight excluding hydrogens is 251 g/mol. The lowest BCUT2D eigenvalue weighted by atomic mass is 10.1. The molecule has 2 aromatic rings. The molecule has 94 valence electrons. The van der Waals surface area contributed by atoms with E-state index in [-0.39, 0.29) is 18.1 Å². The number of nitrogens with one attached hydrogen (secondary N) is 1. The third kappa shape index (κ3) is 3.13. The van der Waals surface area contributed by atoms with Crippen molar-refractivity contribution in [3.05, 3.63) is 46.2 Å². The number of carbonyl (C=O) groups excluding carboxylic acids is 1. The molecule has 0 unspecified atom stereocenters. The van der Waals surface area contributed by atoms with Gasteiger partial charge in [-0.2, -0.15) is 0 Å². The van der Waals surface area contributed by atoms with Gasteiger partial charge in [0.05, 0.1) is 12.1 Å². The van der Waals surface area contributed by atoms with Gasteiger partial charge in [0.2, 0.25) is 5.91 Å². The Balaban J connectivity index is 1.98. The number of benzene rings is 1. The van der Waals surface area contributed by atoms with E-state index >= 15 is 0 Å². The third-order valence-corrected chi connectivity index (χ3v) is 3.54. The van der Waals surface area contributed by atoms with Crippen LogP contribution in [0, 0.1) is 19.7 Å². The van der Waals surface area contributed by atoms with Crippen LogP contribution in [-0.4, -0.2) is 10.9 Å². The van der Waals surface area contributed by atoms with E-state index in [0.717, 1.165) is 16.1 Å².